The van der Waals surface area contributed by atoms with Crippen LogP contribution in [0.1, 0.15) is 18.2 Å². The Labute approximate surface area is 119 Å². The van der Waals surface area contributed by atoms with Crippen molar-refractivity contribution in [3.05, 3.63) is 47.7 Å². The Hall–Kier alpha value is -1.79. The van der Waals surface area contributed by atoms with Gasteiger partial charge in [0.2, 0.25) is 5.09 Å². The van der Waals surface area contributed by atoms with Gasteiger partial charge in [-0.2, -0.15) is 8.42 Å². The molecule has 0 spiro atoms. The van der Waals surface area contributed by atoms with Gasteiger partial charge < -0.3 is 9.73 Å². The number of rotatable bonds is 6. The first-order valence-corrected chi connectivity index (χ1v) is 7.88. The van der Waals surface area contributed by atoms with Crippen LogP contribution in [0.15, 0.2) is 45.9 Å². The molecule has 0 aliphatic carbocycles. The molecule has 20 heavy (non-hydrogen) atoms. The Morgan fingerprint density at radius 3 is 2.45 bits per heavy atom. The van der Waals surface area contributed by atoms with E-state index in [-0.39, 0.29) is 5.09 Å². The molecule has 0 aliphatic rings. The standard InChI is InChI=1S/C14H18N2O3S/c1-3-15-10-13-8-9-14(19-13)20(17,18)16-12-6-4-11(2)5-7-12/h4-9,15-16H,3,10H2,1-2H3. The second-order valence-corrected chi connectivity index (χ2v) is 6.09. The zero-order valence-corrected chi connectivity index (χ0v) is 12.3. The van der Waals surface area contributed by atoms with Gasteiger partial charge in [-0.3, -0.25) is 4.72 Å². The zero-order valence-electron chi connectivity index (χ0n) is 11.5. The zero-order chi connectivity index (χ0) is 14.6. The molecule has 108 valence electrons. The van der Waals surface area contributed by atoms with Crippen LogP contribution in [0.25, 0.3) is 0 Å². The van der Waals surface area contributed by atoms with Gasteiger partial charge >= 0.3 is 0 Å². The fourth-order valence-corrected chi connectivity index (χ4v) is 2.68. The average molecular weight is 294 g/mol. The fourth-order valence-electron chi connectivity index (χ4n) is 1.67. The number of hydrogen-bond donors (Lipinski definition) is 2. The largest absolute Gasteiger partial charge is 0.446 e. The second kappa shape index (κ2) is 6.11. The molecule has 1 aromatic carbocycles. The van der Waals surface area contributed by atoms with Crippen LogP contribution in [0.5, 0.6) is 0 Å². The Kier molecular flexibility index (Phi) is 4.46. The molecule has 0 unspecified atom stereocenters. The molecule has 0 saturated carbocycles. The number of benzene rings is 1. The van der Waals surface area contributed by atoms with Crippen molar-refractivity contribution < 1.29 is 12.8 Å². The molecule has 6 heteroatoms. The first kappa shape index (κ1) is 14.6. The van der Waals surface area contributed by atoms with E-state index in [0.717, 1.165) is 12.1 Å². The molecular formula is C14H18N2O3S. The van der Waals surface area contributed by atoms with E-state index in [0.29, 0.717) is 18.0 Å². The number of hydrogen-bond acceptors (Lipinski definition) is 4. The maximum Gasteiger partial charge on any atom is 0.295 e. The summed E-state index contributed by atoms with van der Waals surface area (Å²) >= 11 is 0. The van der Waals surface area contributed by atoms with Crippen molar-refractivity contribution in [3.8, 4) is 0 Å². The highest BCUT2D eigenvalue weighted by atomic mass is 32.2. The third-order valence-corrected chi connectivity index (χ3v) is 4.01. The number of nitrogens with one attached hydrogen (secondary N) is 2. The first-order chi connectivity index (χ1) is 9.51. The van der Waals surface area contributed by atoms with E-state index in [1.54, 1.807) is 18.2 Å². The van der Waals surface area contributed by atoms with Crippen molar-refractivity contribution in [1.82, 2.24) is 5.32 Å². The molecule has 0 bridgehead atoms. The van der Waals surface area contributed by atoms with Crippen molar-refractivity contribution in [3.63, 3.8) is 0 Å². The van der Waals surface area contributed by atoms with Gasteiger partial charge in [0.05, 0.1) is 6.54 Å². The second-order valence-electron chi connectivity index (χ2n) is 4.47. The van der Waals surface area contributed by atoms with Crippen LogP contribution >= 0.6 is 0 Å². The molecule has 0 atom stereocenters. The third-order valence-electron chi connectivity index (χ3n) is 2.75. The maximum atomic E-state index is 12.1. The highest BCUT2D eigenvalue weighted by molar-refractivity contribution is 7.92. The summed E-state index contributed by atoms with van der Waals surface area (Å²) in [4.78, 5) is 0. The molecule has 0 amide bonds. The van der Waals surface area contributed by atoms with E-state index in [9.17, 15) is 8.42 Å². The Bertz CT molecular complexity index is 660. The summed E-state index contributed by atoms with van der Waals surface area (Å²) in [7, 11) is -3.67. The van der Waals surface area contributed by atoms with Crippen molar-refractivity contribution in [2.24, 2.45) is 0 Å². The summed E-state index contributed by atoms with van der Waals surface area (Å²) in [6, 6.07) is 10.2. The van der Waals surface area contributed by atoms with Crippen molar-refractivity contribution in [1.29, 1.82) is 0 Å². The minimum Gasteiger partial charge on any atom is -0.446 e. The van der Waals surface area contributed by atoms with Crippen LogP contribution in [-0.4, -0.2) is 15.0 Å². The minimum atomic E-state index is -3.67. The molecule has 1 heterocycles. The van der Waals surface area contributed by atoms with Gasteiger partial charge in [0.1, 0.15) is 5.76 Å². The van der Waals surface area contributed by atoms with E-state index in [1.165, 1.54) is 6.07 Å². The molecule has 0 fully saturated rings. The first-order valence-electron chi connectivity index (χ1n) is 6.40. The van der Waals surface area contributed by atoms with Crippen molar-refractivity contribution in [2.75, 3.05) is 11.3 Å². The number of aryl methyl sites for hydroxylation is 1. The molecule has 5 nitrogen and oxygen atoms in total. The van der Waals surface area contributed by atoms with Crippen LogP contribution < -0.4 is 10.0 Å². The SMILES string of the molecule is CCNCc1ccc(S(=O)(=O)Nc2ccc(C)cc2)o1. The molecule has 2 rings (SSSR count). The Balaban J connectivity index is 2.13. The van der Waals surface area contributed by atoms with Gasteiger partial charge in [0.25, 0.3) is 10.0 Å². The van der Waals surface area contributed by atoms with Crippen LogP contribution in [0, 0.1) is 6.92 Å². The van der Waals surface area contributed by atoms with E-state index >= 15 is 0 Å². The topological polar surface area (TPSA) is 71.3 Å². The van der Waals surface area contributed by atoms with E-state index < -0.39 is 10.0 Å². The smallest absolute Gasteiger partial charge is 0.295 e. The van der Waals surface area contributed by atoms with Gasteiger partial charge in [0, 0.05) is 5.69 Å². The van der Waals surface area contributed by atoms with Crippen molar-refractivity contribution in [2.45, 2.75) is 25.5 Å². The predicted octanol–water partition coefficient (Wildman–Crippen LogP) is 2.50. The quantitative estimate of drug-likeness (QED) is 0.858. The van der Waals surface area contributed by atoms with Gasteiger partial charge in [-0.1, -0.05) is 24.6 Å². The minimum absolute atomic E-state index is 0.0778. The van der Waals surface area contributed by atoms with E-state index in [1.807, 2.05) is 26.0 Å². The van der Waals surface area contributed by atoms with Crippen LogP contribution in [0.4, 0.5) is 5.69 Å². The van der Waals surface area contributed by atoms with Crippen LogP contribution in [-0.2, 0) is 16.6 Å². The lowest BCUT2D eigenvalue weighted by atomic mass is 10.2. The third kappa shape index (κ3) is 3.61. The molecule has 0 saturated heterocycles. The lowest BCUT2D eigenvalue weighted by Gasteiger charge is -2.06. The normalized spacial score (nSPS) is 11.5. The Morgan fingerprint density at radius 2 is 1.80 bits per heavy atom. The van der Waals surface area contributed by atoms with E-state index in [4.69, 9.17) is 4.42 Å². The summed E-state index contributed by atoms with van der Waals surface area (Å²) in [6.45, 7) is 5.22. The maximum absolute atomic E-state index is 12.1. The van der Waals surface area contributed by atoms with Gasteiger partial charge in [0.15, 0.2) is 0 Å². The molecule has 0 radical (unpaired) electrons. The van der Waals surface area contributed by atoms with Gasteiger partial charge in [-0.05, 0) is 37.7 Å². The summed E-state index contributed by atoms with van der Waals surface area (Å²) in [6.07, 6.45) is 0. The molecule has 2 aromatic rings. The van der Waals surface area contributed by atoms with Crippen LogP contribution in [0.2, 0.25) is 0 Å². The lowest BCUT2D eigenvalue weighted by Crippen LogP contribution is -2.13. The molecule has 1 aromatic heterocycles. The molecule has 0 aliphatic heterocycles. The molecule has 2 N–H and O–H groups in total. The Morgan fingerprint density at radius 1 is 1.10 bits per heavy atom. The fraction of sp³-hybridized carbons (Fsp3) is 0.286. The molecular weight excluding hydrogens is 276 g/mol. The van der Waals surface area contributed by atoms with E-state index in [2.05, 4.69) is 10.0 Å². The number of furan rings is 1. The van der Waals surface area contributed by atoms with Gasteiger partial charge in [-0.15, -0.1) is 0 Å². The highest BCUT2D eigenvalue weighted by Gasteiger charge is 2.18. The number of sulfonamides is 1. The summed E-state index contributed by atoms with van der Waals surface area (Å²) in [5, 5.41) is 3.00. The monoisotopic (exact) mass is 294 g/mol. The summed E-state index contributed by atoms with van der Waals surface area (Å²) in [5.41, 5.74) is 1.58. The van der Waals surface area contributed by atoms with Gasteiger partial charge in [-0.25, -0.2) is 0 Å². The summed E-state index contributed by atoms with van der Waals surface area (Å²) in [5.74, 6) is 0.594. The van der Waals surface area contributed by atoms with Crippen molar-refractivity contribution >= 4 is 15.7 Å². The number of anilines is 1. The summed E-state index contributed by atoms with van der Waals surface area (Å²) < 4.78 is 32.1. The predicted molar refractivity (Wildman–Crippen MR) is 78.1 cm³/mol. The highest BCUT2D eigenvalue weighted by Crippen LogP contribution is 2.18. The average Bonchev–Trinajstić information content (AvgIpc) is 2.88. The lowest BCUT2D eigenvalue weighted by molar-refractivity contribution is 0.405. The van der Waals surface area contributed by atoms with Crippen LogP contribution in [0.3, 0.4) is 0 Å².